The molecular formula is C19H28N2O3S. The third-order valence-corrected chi connectivity index (χ3v) is 7.21. The molecule has 5 nitrogen and oxygen atoms in total. The van der Waals surface area contributed by atoms with Crippen molar-refractivity contribution in [2.45, 2.75) is 45.1 Å². The Balaban J connectivity index is 1.71. The first-order valence-electron chi connectivity index (χ1n) is 9.10. The molecule has 138 valence electrons. The van der Waals surface area contributed by atoms with Crippen LogP contribution in [0.1, 0.15) is 43.7 Å². The van der Waals surface area contributed by atoms with Gasteiger partial charge in [0.1, 0.15) is 0 Å². The van der Waals surface area contributed by atoms with E-state index in [1.165, 1.54) is 11.1 Å². The molecule has 1 saturated heterocycles. The summed E-state index contributed by atoms with van der Waals surface area (Å²) in [6.07, 6.45) is 2.65. The van der Waals surface area contributed by atoms with E-state index < -0.39 is 9.84 Å². The highest BCUT2D eigenvalue weighted by molar-refractivity contribution is 7.91. The van der Waals surface area contributed by atoms with Gasteiger partial charge in [0.2, 0.25) is 5.91 Å². The van der Waals surface area contributed by atoms with Crippen molar-refractivity contribution in [3.05, 3.63) is 29.3 Å². The monoisotopic (exact) mass is 364 g/mol. The van der Waals surface area contributed by atoms with Crippen LogP contribution in [0.4, 0.5) is 5.69 Å². The predicted octanol–water partition coefficient (Wildman–Crippen LogP) is 2.21. The van der Waals surface area contributed by atoms with E-state index in [-0.39, 0.29) is 23.5 Å². The third kappa shape index (κ3) is 4.00. The maximum Gasteiger partial charge on any atom is 0.242 e. The molecular weight excluding hydrogens is 336 g/mol. The predicted molar refractivity (Wildman–Crippen MR) is 101 cm³/mol. The largest absolute Gasteiger partial charge is 0.362 e. The van der Waals surface area contributed by atoms with E-state index in [0.717, 1.165) is 25.1 Å². The summed E-state index contributed by atoms with van der Waals surface area (Å²) >= 11 is 0. The van der Waals surface area contributed by atoms with Gasteiger partial charge < -0.3 is 9.80 Å². The van der Waals surface area contributed by atoms with E-state index in [0.29, 0.717) is 18.9 Å². The highest BCUT2D eigenvalue weighted by Gasteiger charge is 2.33. The number of fused-ring (bicyclic) bond motifs is 1. The van der Waals surface area contributed by atoms with Gasteiger partial charge in [0.15, 0.2) is 9.84 Å². The molecule has 2 aliphatic rings. The zero-order valence-electron chi connectivity index (χ0n) is 15.4. The number of benzene rings is 1. The van der Waals surface area contributed by atoms with Gasteiger partial charge in [-0.15, -0.1) is 0 Å². The molecule has 0 aliphatic carbocycles. The molecule has 1 aromatic carbocycles. The van der Waals surface area contributed by atoms with Crippen LogP contribution in [0.3, 0.4) is 0 Å². The number of sulfone groups is 1. The second-order valence-corrected chi connectivity index (χ2v) is 9.86. The number of anilines is 1. The number of amides is 1. The molecule has 1 unspecified atom stereocenters. The van der Waals surface area contributed by atoms with Gasteiger partial charge in [0.05, 0.1) is 18.1 Å². The Morgan fingerprint density at radius 1 is 1.36 bits per heavy atom. The molecule has 0 bridgehead atoms. The number of nitrogens with zero attached hydrogens (tertiary/aromatic N) is 2. The molecule has 0 saturated carbocycles. The maximum atomic E-state index is 12.7. The van der Waals surface area contributed by atoms with Crippen molar-refractivity contribution < 1.29 is 13.2 Å². The van der Waals surface area contributed by atoms with E-state index in [9.17, 15) is 13.2 Å². The molecule has 0 aromatic heterocycles. The molecule has 1 amide bonds. The van der Waals surface area contributed by atoms with Crippen LogP contribution >= 0.6 is 0 Å². The van der Waals surface area contributed by atoms with Crippen LogP contribution in [0.2, 0.25) is 0 Å². The molecule has 0 N–H and O–H groups in total. The zero-order valence-corrected chi connectivity index (χ0v) is 16.2. The van der Waals surface area contributed by atoms with Gasteiger partial charge in [-0.3, -0.25) is 4.79 Å². The normalized spacial score (nSPS) is 22.1. The first-order valence-corrected chi connectivity index (χ1v) is 10.9. The van der Waals surface area contributed by atoms with E-state index in [1.807, 2.05) is 0 Å². The fourth-order valence-electron chi connectivity index (χ4n) is 3.78. The van der Waals surface area contributed by atoms with Crippen molar-refractivity contribution in [2.24, 2.45) is 0 Å². The molecule has 1 aromatic rings. The third-order valence-electron chi connectivity index (χ3n) is 5.46. The molecule has 2 aliphatic heterocycles. The van der Waals surface area contributed by atoms with Crippen molar-refractivity contribution in [1.29, 1.82) is 0 Å². The van der Waals surface area contributed by atoms with E-state index in [4.69, 9.17) is 0 Å². The summed E-state index contributed by atoms with van der Waals surface area (Å²) in [5.41, 5.74) is 3.80. The van der Waals surface area contributed by atoms with Crippen LogP contribution in [-0.4, -0.2) is 56.9 Å². The standard InChI is InChI=1S/C19H28N2O3S/c1-14(2)15-6-7-18-16(11-15)5-4-9-21(18)12-19(22)20(3)17-8-10-25(23,24)13-17/h6-7,11,14,17H,4-5,8-10,12-13H2,1-3H3. The van der Waals surface area contributed by atoms with Crippen LogP contribution in [0.25, 0.3) is 0 Å². The van der Waals surface area contributed by atoms with Gasteiger partial charge in [0, 0.05) is 25.3 Å². The Kier molecular flexibility index (Phi) is 5.09. The molecule has 6 heteroatoms. The summed E-state index contributed by atoms with van der Waals surface area (Å²) in [6, 6.07) is 6.38. The molecule has 3 rings (SSSR count). The Morgan fingerprint density at radius 3 is 2.76 bits per heavy atom. The first-order chi connectivity index (χ1) is 11.8. The topological polar surface area (TPSA) is 57.7 Å². The quantitative estimate of drug-likeness (QED) is 0.822. The second-order valence-electron chi connectivity index (χ2n) is 7.63. The molecule has 1 fully saturated rings. The van der Waals surface area contributed by atoms with E-state index in [1.54, 1.807) is 11.9 Å². The summed E-state index contributed by atoms with van der Waals surface area (Å²) in [5.74, 6) is 0.796. The van der Waals surface area contributed by atoms with Gasteiger partial charge in [-0.2, -0.15) is 0 Å². The van der Waals surface area contributed by atoms with E-state index >= 15 is 0 Å². The van der Waals surface area contributed by atoms with Crippen LogP contribution in [-0.2, 0) is 21.1 Å². The lowest BCUT2D eigenvalue weighted by atomic mass is 9.95. The lowest BCUT2D eigenvalue weighted by Gasteiger charge is -2.33. The van der Waals surface area contributed by atoms with Crippen LogP contribution in [0.15, 0.2) is 18.2 Å². The average Bonchev–Trinajstić information content (AvgIpc) is 2.93. The highest BCUT2D eigenvalue weighted by atomic mass is 32.2. The van der Waals surface area contributed by atoms with Gasteiger partial charge in [-0.1, -0.05) is 26.0 Å². The minimum absolute atomic E-state index is 0.00267. The molecule has 1 atom stereocenters. The summed E-state index contributed by atoms with van der Waals surface area (Å²) < 4.78 is 23.3. The van der Waals surface area contributed by atoms with Crippen LogP contribution in [0, 0.1) is 0 Å². The number of likely N-dealkylation sites (N-methyl/N-ethyl adjacent to an activating group) is 1. The molecule has 2 heterocycles. The smallest absolute Gasteiger partial charge is 0.242 e. The van der Waals surface area contributed by atoms with Crippen LogP contribution in [0.5, 0.6) is 0 Å². The molecule has 0 radical (unpaired) electrons. The minimum atomic E-state index is -2.98. The number of rotatable bonds is 4. The lowest BCUT2D eigenvalue weighted by molar-refractivity contribution is -0.130. The fourth-order valence-corrected chi connectivity index (χ4v) is 5.55. The van der Waals surface area contributed by atoms with Crippen molar-refractivity contribution in [2.75, 3.05) is 36.5 Å². The number of carbonyl (C=O) groups excluding carboxylic acids is 1. The van der Waals surface area contributed by atoms with Gasteiger partial charge in [-0.05, 0) is 42.4 Å². The maximum absolute atomic E-state index is 12.7. The summed E-state index contributed by atoms with van der Waals surface area (Å²) in [6.45, 7) is 5.57. The van der Waals surface area contributed by atoms with Gasteiger partial charge >= 0.3 is 0 Å². The number of hydrogen-bond donors (Lipinski definition) is 0. The summed E-state index contributed by atoms with van der Waals surface area (Å²) in [5, 5.41) is 0. The fraction of sp³-hybridized carbons (Fsp3) is 0.632. The molecule has 0 spiro atoms. The molecule has 25 heavy (non-hydrogen) atoms. The average molecular weight is 365 g/mol. The lowest BCUT2D eigenvalue weighted by Crippen LogP contribution is -2.45. The number of hydrogen-bond acceptors (Lipinski definition) is 4. The highest BCUT2D eigenvalue weighted by Crippen LogP contribution is 2.30. The van der Waals surface area contributed by atoms with Gasteiger partial charge in [-0.25, -0.2) is 8.42 Å². The summed E-state index contributed by atoms with van der Waals surface area (Å²) in [7, 11) is -1.24. The van der Waals surface area contributed by atoms with Crippen molar-refractivity contribution in [3.63, 3.8) is 0 Å². The first kappa shape index (κ1) is 18.2. The Morgan fingerprint density at radius 2 is 2.12 bits per heavy atom. The second kappa shape index (κ2) is 6.98. The SMILES string of the molecule is CC(C)c1ccc2c(c1)CCCN2CC(=O)N(C)C1CCS(=O)(=O)C1. The van der Waals surface area contributed by atoms with Crippen molar-refractivity contribution in [1.82, 2.24) is 4.90 Å². The van der Waals surface area contributed by atoms with Crippen LogP contribution < -0.4 is 4.90 Å². The van der Waals surface area contributed by atoms with Crippen molar-refractivity contribution in [3.8, 4) is 0 Å². The number of aryl methyl sites for hydroxylation is 1. The number of carbonyl (C=O) groups is 1. The van der Waals surface area contributed by atoms with Gasteiger partial charge in [0.25, 0.3) is 0 Å². The Labute approximate surface area is 150 Å². The minimum Gasteiger partial charge on any atom is -0.362 e. The Hall–Kier alpha value is -1.56. The Bertz CT molecular complexity index is 758. The van der Waals surface area contributed by atoms with E-state index in [2.05, 4.69) is 36.9 Å². The summed E-state index contributed by atoms with van der Waals surface area (Å²) in [4.78, 5) is 16.5. The van der Waals surface area contributed by atoms with Crippen molar-refractivity contribution >= 4 is 21.4 Å². The zero-order chi connectivity index (χ0) is 18.2.